The molecule has 13 heavy (non-hydrogen) atoms. The number of nitrogens with one attached hydrogen (secondary N) is 1. The van der Waals surface area contributed by atoms with Gasteiger partial charge in [0.05, 0.1) is 13.8 Å². The Labute approximate surface area is 78.3 Å². The molecule has 1 aliphatic carbocycles. The lowest BCUT2D eigenvalue weighted by molar-refractivity contribution is -0.151. The van der Waals surface area contributed by atoms with E-state index in [1.54, 1.807) is 0 Å². The van der Waals surface area contributed by atoms with Crippen LogP contribution in [0, 0.1) is 0 Å². The summed E-state index contributed by atoms with van der Waals surface area (Å²) in [6, 6.07) is 0. The summed E-state index contributed by atoms with van der Waals surface area (Å²) in [6.07, 6.45) is 4.72. The number of methoxy groups -OCH3 is 1. The zero-order valence-corrected chi connectivity index (χ0v) is 8.01. The highest BCUT2D eigenvalue weighted by Gasteiger charge is 2.39. The number of carbonyl (C=O) groups is 1. The second-order valence-electron chi connectivity index (χ2n) is 3.47. The summed E-state index contributed by atoms with van der Waals surface area (Å²) in [4.78, 5) is 11.5. The van der Waals surface area contributed by atoms with Crippen LogP contribution in [0.15, 0.2) is 0 Å². The minimum Gasteiger partial charge on any atom is -0.468 e. The highest BCUT2D eigenvalue weighted by molar-refractivity contribution is 5.80. The summed E-state index contributed by atoms with van der Waals surface area (Å²) in [5.74, 6) is -0.249. The zero-order chi connectivity index (χ0) is 9.73. The maximum absolute atomic E-state index is 11.5. The molecule has 0 unspecified atom stereocenters. The number of esters is 1. The molecule has 76 valence electrons. The van der Waals surface area contributed by atoms with Crippen LogP contribution in [0.1, 0.15) is 32.1 Å². The normalized spacial score (nSPS) is 21.1. The van der Waals surface area contributed by atoms with Crippen molar-refractivity contribution in [3.05, 3.63) is 0 Å². The average molecular weight is 187 g/mol. The lowest BCUT2D eigenvalue weighted by Gasteiger charge is -2.34. The van der Waals surface area contributed by atoms with Crippen molar-refractivity contribution in [1.82, 2.24) is 5.32 Å². The van der Waals surface area contributed by atoms with Gasteiger partial charge in [0.1, 0.15) is 5.54 Å². The maximum atomic E-state index is 11.5. The predicted molar refractivity (Wildman–Crippen MR) is 48.1 cm³/mol. The number of aliphatic hydroxyl groups is 1. The van der Waals surface area contributed by atoms with Gasteiger partial charge < -0.3 is 9.84 Å². The molecule has 1 rings (SSSR count). The molecule has 0 bridgehead atoms. The van der Waals surface area contributed by atoms with Crippen LogP contribution in [0.4, 0.5) is 0 Å². The highest BCUT2D eigenvalue weighted by atomic mass is 16.5. The van der Waals surface area contributed by atoms with Crippen molar-refractivity contribution < 1.29 is 14.6 Å². The fourth-order valence-corrected chi connectivity index (χ4v) is 1.96. The molecule has 1 fully saturated rings. The van der Waals surface area contributed by atoms with Crippen LogP contribution in [-0.2, 0) is 9.53 Å². The molecule has 0 aliphatic heterocycles. The van der Waals surface area contributed by atoms with Gasteiger partial charge in [-0.2, -0.15) is 0 Å². The van der Waals surface area contributed by atoms with E-state index in [0.717, 1.165) is 32.1 Å². The molecule has 0 aromatic heterocycles. The topological polar surface area (TPSA) is 58.6 Å². The summed E-state index contributed by atoms with van der Waals surface area (Å²) < 4.78 is 4.73. The number of hydrogen-bond acceptors (Lipinski definition) is 4. The Kier molecular flexibility index (Phi) is 3.69. The van der Waals surface area contributed by atoms with E-state index in [0.29, 0.717) is 0 Å². The number of carbonyl (C=O) groups excluding carboxylic acids is 1. The Bertz CT molecular complexity index is 170. The van der Waals surface area contributed by atoms with E-state index in [4.69, 9.17) is 9.84 Å². The molecule has 0 aromatic rings. The van der Waals surface area contributed by atoms with Crippen molar-refractivity contribution in [1.29, 1.82) is 0 Å². The van der Waals surface area contributed by atoms with Crippen LogP contribution in [0.5, 0.6) is 0 Å². The Morgan fingerprint density at radius 1 is 1.46 bits per heavy atom. The molecule has 0 saturated heterocycles. The number of rotatable bonds is 3. The minimum atomic E-state index is -0.623. The van der Waals surface area contributed by atoms with Gasteiger partial charge in [0.2, 0.25) is 0 Å². The lowest BCUT2D eigenvalue weighted by Crippen LogP contribution is -2.54. The molecule has 0 amide bonds. The number of aliphatic hydroxyl groups excluding tert-OH is 1. The van der Waals surface area contributed by atoms with Crippen molar-refractivity contribution >= 4 is 5.97 Å². The molecule has 0 heterocycles. The predicted octanol–water partition coefficient (Wildman–Crippen LogP) is 0.402. The van der Waals surface area contributed by atoms with Gasteiger partial charge in [0.25, 0.3) is 0 Å². The van der Waals surface area contributed by atoms with Gasteiger partial charge in [0, 0.05) is 0 Å². The van der Waals surface area contributed by atoms with Crippen LogP contribution < -0.4 is 5.32 Å². The molecule has 2 N–H and O–H groups in total. The molecule has 1 aliphatic rings. The van der Waals surface area contributed by atoms with Gasteiger partial charge >= 0.3 is 5.97 Å². The maximum Gasteiger partial charge on any atom is 0.326 e. The summed E-state index contributed by atoms with van der Waals surface area (Å²) >= 11 is 0. The highest BCUT2D eigenvalue weighted by Crippen LogP contribution is 2.28. The van der Waals surface area contributed by atoms with E-state index < -0.39 is 5.54 Å². The number of ether oxygens (including phenoxy) is 1. The molecule has 0 radical (unpaired) electrons. The summed E-state index contributed by atoms with van der Waals surface area (Å²) in [7, 11) is 1.39. The van der Waals surface area contributed by atoms with Gasteiger partial charge in [-0.3, -0.25) is 10.1 Å². The van der Waals surface area contributed by atoms with Gasteiger partial charge in [-0.25, -0.2) is 0 Å². The van der Waals surface area contributed by atoms with Crippen LogP contribution in [0.3, 0.4) is 0 Å². The fourth-order valence-electron chi connectivity index (χ4n) is 1.96. The van der Waals surface area contributed by atoms with Crippen molar-refractivity contribution in [2.45, 2.75) is 37.6 Å². The van der Waals surface area contributed by atoms with E-state index in [9.17, 15) is 4.79 Å². The first-order valence-corrected chi connectivity index (χ1v) is 4.69. The number of hydrogen-bond donors (Lipinski definition) is 2. The monoisotopic (exact) mass is 187 g/mol. The summed E-state index contributed by atoms with van der Waals surface area (Å²) in [5.41, 5.74) is -0.623. The van der Waals surface area contributed by atoms with Crippen molar-refractivity contribution in [3.8, 4) is 0 Å². The Morgan fingerprint density at radius 3 is 2.54 bits per heavy atom. The molecule has 0 atom stereocenters. The van der Waals surface area contributed by atoms with E-state index in [1.165, 1.54) is 7.11 Å². The summed E-state index contributed by atoms with van der Waals surface area (Å²) in [5, 5.41) is 11.6. The third kappa shape index (κ3) is 2.19. The average Bonchev–Trinajstić information content (AvgIpc) is 2.18. The Morgan fingerprint density at radius 2 is 2.08 bits per heavy atom. The minimum absolute atomic E-state index is 0.172. The van der Waals surface area contributed by atoms with E-state index in [2.05, 4.69) is 5.32 Å². The third-order valence-electron chi connectivity index (χ3n) is 2.70. The van der Waals surface area contributed by atoms with Gasteiger partial charge in [-0.15, -0.1) is 0 Å². The first kappa shape index (κ1) is 10.5. The van der Waals surface area contributed by atoms with E-state index in [1.807, 2.05) is 0 Å². The lowest BCUT2D eigenvalue weighted by atomic mass is 9.82. The van der Waals surface area contributed by atoms with Crippen LogP contribution >= 0.6 is 0 Å². The summed E-state index contributed by atoms with van der Waals surface area (Å²) in [6.45, 7) is -0.172. The largest absolute Gasteiger partial charge is 0.468 e. The quantitative estimate of drug-likeness (QED) is 0.496. The Hall–Kier alpha value is -0.610. The first-order valence-electron chi connectivity index (χ1n) is 4.69. The van der Waals surface area contributed by atoms with E-state index >= 15 is 0 Å². The molecular formula is C9H17NO3. The van der Waals surface area contributed by atoms with E-state index in [-0.39, 0.29) is 12.7 Å². The SMILES string of the molecule is COC(=O)C1(NCO)CCCCC1. The van der Waals surface area contributed by atoms with Crippen LogP contribution in [0.2, 0.25) is 0 Å². The fraction of sp³-hybridized carbons (Fsp3) is 0.889. The van der Waals surface area contributed by atoms with Gasteiger partial charge in [0.15, 0.2) is 0 Å². The van der Waals surface area contributed by atoms with Crippen molar-refractivity contribution in [3.63, 3.8) is 0 Å². The Balaban J connectivity index is 2.66. The molecular weight excluding hydrogens is 170 g/mol. The van der Waals surface area contributed by atoms with Crippen molar-refractivity contribution in [2.24, 2.45) is 0 Å². The second kappa shape index (κ2) is 4.58. The molecule has 1 saturated carbocycles. The zero-order valence-electron chi connectivity index (χ0n) is 8.01. The molecule has 0 aromatic carbocycles. The molecule has 0 spiro atoms. The first-order chi connectivity index (χ1) is 6.25. The van der Waals surface area contributed by atoms with Crippen LogP contribution in [0.25, 0.3) is 0 Å². The smallest absolute Gasteiger partial charge is 0.326 e. The van der Waals surface area contributed by atoms with Crippen LogP contribution in [-0.4, -0.2) is 30.5 Å². The van der Waals surface area contributed by atoms with Gasteiger partial charge in [-0.1, -0.05) is 19.3 Å². The molecule has 4 heteroatoms. The third-order valence-corrected chi connectivity index (χ3v) is 2.70. The molecule has 4 nitrogen and oxygen atoms in total. The van der Waals surface area contributed by atoms with Crippen molar-refractivity contribution in [2.75, 3.05) is 13.8 Å². The standard InChI is InChI=1S/C9H17NO3/c1-13-8(12)9(10-7-11)5-3-2-4-6-9/h10-11H,2-7H2,1H3. The van der Waals surface area contributed by atoms with Gasteiger partial charge in [-0.05, 0) is 12.8 Å². The second-order valence-corrected chi connectivity index (χ2v) is 3.47.